The van der Waals surface area contributed by atoms with E-state index in [0.29, 0.717) is 13.1 Å². The SMILES string of the molecule is O=C(O)N1CCC(Nc2n[nH]c3cc(Br)ccc23)CC1. The van der Waals surface area contributed by atoms with Gasteiger partial charge in [0, 0.05) is 29.0 Å². The number of anilines is 1. The zero-order valence-corrected chi connectivity index (χ0v) is 12.4. The molecule has 6 nitrogen and oxygen atoms in total. The molecule has 20 heavy (non-hydrogen) atoms. The summed E-state index contributed by atoms with van der Waals surface area (Å²) in [6, 6.07) is 6.24. The minimum absolute atomic E-state index is 0.265. The van der Waals surface area contributed by atoms with Crippen LogP contribution in [0.15, 0.2) is 22.7 Å². The molecule has 1 aliphatic heterocycles. The molecule has 1 aliphatic rings. The molecule has 3 rings (SSSR count). The third-order valence-electron chi connectivity index (χ3n) is 3.63. The van der Waals surface area contributed by atoms with Crippen molar-refractivity contribution in [3.05, 3.63) is 22.7 Å². The summed E-state index contributed by atoms with van der Waals surface area (Å²) < 4.78 is 1.01. The number of nitrogens with one attached hydrogen (secondary N) is 2. The molecule has 1 aromatic carbocycles. The Kier molecular flexibility index (Phi) is 3.52. The van der Waals surface area contributed by atoms with Gasteiger partial charge >= 0.3 is 6.09 Å². The first-order valence-electron chi connectivity index (χ1n) is 6.51. The number of likely N-dealkylation sites (tertiary alicyclic amines) is 1. The minimum atomic E-state index is -0.835. The molecule has 0 bridgehead atoms. The van der Waals surface area contributed by atoms with Crippen LogP contribution in [0, 0.1) is 0 Å². The summed E-state index contributed by atoms with van der Waals surface area (Å²) in [5.74, 6) is 0.835. The smallest absolute Gasteiger partial charge is 0.407 e. The quantitative estimate of drug-likeness (QED) is 0.786. The molecule has 0 unspecified atom stereocenters. The molecule has 7 heteroatoms. The molecule has 1 amide bonds. The van der Waals surface area contributed by atoms with Crippen LogP contribution in [0.2, 0.25) is 0 Å². The fraction of sp³-hybridized carbons (Fsp3) is 0.385. The molecular weight excluding hydrogens is 324 g/mol. The third-order valence-corrected chi connectivity index (χ3v) is 4.12. The van der Waals surface area contributed by atoms with E-state index in [1.54, 1.807) is 0 Å². The minimum Gasteiger partial charge on any atom is -0.465 e. The molecule has 2 heterocycles. The second-order valence-corrected chi connectivity index (χ2v) is 5.87. The van der Waals surface area contributed by atoms with Crippen LogP contribution in [-0.4, -0.2) is 45.4 Å². The number of aromatic nitrogens is 2. The molecule has 1 saturated heterocycles. The molecule has 0 aliphatic carbocycles. The molecule has 1 fully saturated rings. The van der Waals surface area contributed by atoms with E-state index in [0.717, 1.165) is 34.0 Å². The van der Waals surface area contributed by atoms with Gasteiger partial charge in [-0.3, -0.25) is 5.10 Å². The maximum atomic E-state index is 10.9. The Hall–Kier alpha value is -1.76. The summed E-state index contributed by atoms with van der Waals surface area (Å²) >= 11 is 3.43. The zero-order chi connectivity index (χ0) is 14.1. The van der Waals surface area contributed by atoms with Crippen molar-refractivity contribution in [2.45, 2.75) is 18.9 Å². The van der Waals surface area contributed by atoms with E-state index in [-0.39, 0.29) is 6.04 Å². The van der Waals surface area contributed by atoms with Crippen LogP contribution in [-0.2, 0) is 0 Å². The number of nitrogens with zero attached hydrogens (tertiary/aromatic N) is 2. The average molecular weight is 339 g/mol. The van der Waals surface area contributed by atoms with Crippen molar-refractivity contribution in [3.8, 4) is 0 Å². The predicted molar refractivity (Wildman–Crippen MR) is 80.0 cm³/mol. The molecule has 0 atom stereocenters. The van der Waals surface area contributed by atoms with Crippen LogP contribution in [0.1, 0.15) is 12.8 Å². The molecule has 106 valence electrons. The largest absolute Gasteiger partial charge is 0.465 e. The second-order valence-electron chi connectivity index (χ2n) is 4.95. The van der Waals surface area contributed by atoms with Crippen molar-refractivity contribution in [2.24, 2.45) is 0 Å². The number of hydrogen-bond donors (Lipinski definition) is 3. The van der Waals surface area contributed by atoms with Gasteiger partial charge < -0.3 is 15.3 Å². The van der Waals surface area contributed by atoms with E-state index in [1.165, 1.54) is 4.90 Å². The van der Waals surface area contributed by atoms with Gasteiger partial charge in [-0.1, -0.05) is 15.9 Å². The summed E-state index contributed by atoms with van der Waals surface area (Å²) in [5, 5.41) is 20.7. The average Bonchev–Trinajstić information content (AvgIpc) is 2.81. The van der Waals surface area contributed by atoms with Gasteiger partial charge in [-0.15, -0.1) is 0 Å². The van der Waals surface area contributed by atoms with Crippen LogP contribution < -0.4 is 5.32 Å². The summed E-state index contributed by atoms with van der Waals surface area (Å²) in [4.78, 5) is 12.3. The lowest BCUT2D eigenvalue weighted by atomic mass is 10.1. The Labute approximate surface area is 124 Å². The fourth-order valence-corrected chi connectivity index (χ4v) is 2.87. The number of hydrogen-bond acceptors (Lipinski definition) is 3. The van der Waals surface area contributed by atoms with Crippen molar-refractivity contribution in [1.29, 1.82) is 0 Å². The lowest BCUT2D eigenvalue weighted by Gasteiger charge is -2.30. The summed E-state index contributed by atoms with van der Waals surface area (Å²) in [6.45, 7) is 1.14. The van der Waals surface area contributed by atoms with E-state index in [4.69, 9.17) is 5.11 Å². The highest BCUT2D eigenvalue weighted by Crippen LogP contribution is 2.25. The van der Waals surface area contributed by atoms with Crippen LogP contribution in [0.5, 0.6) is 0 Å². The number of carbonyl (C=O) groups is 1. The topological polar surface area (TPSA) is 81.2 Å². The monoisotopic (exact) mass is 338 g/mol. The zero-order valence-electron chi connectivity index (χ0n) is 10.8. The second kappa shape index (κ2) is 5.32. The molecule has 0 saturated carbocycles. The van der Waals surface area contributed by atoms with Gasteiger partial charge in [0.2, 0.25) is 0 Å². The number of piperidine rings is 1. The van der Waals surface area contributed by atoms with Gasteiger partial charge in [0.1, 0.15) is 0 Å². The molecule has 0 radical (unpaired) electrons. The number of benzene rings is 1. The number of carboxylic acid groups (broad SMARTS) is 1. The number of aromatic amines is 1. The van der Waals surface area contributed by atoms with E-state index in [9.17, 15) is 4.79 Å². The number of rotatable bonds is 2. The predicted octanol–water partition coefficient (Wildman–Crippen LogP) is 2.88. The lowest BCUT2D eigenvalue weighted by molar-refractivity contribution is 0.134. The summed E-state index contributed by atoms with van der Waals surface area (Å²) in [6.07, 6.45) is 0.771. The highest BCUT2D eigenvalue weighted by molar-refractivity contribution is 9.10. The molecule has 0 spiro atoms. The molecular formula is C13H15BrN4O2. The van der Waals surface area contributed by atoms with Gasteiger partial charge in [0.15, 0.2) is 5.82 Å². The first kappa shape index (κ1) is 13.2. The van der Waals surface area contributed by atoms with E-state index in [1.807, 2.05) is 18.2 Å². The Balaban J connectivity index is 1.70. The van der Waals surface area contributed by atoms with Crippen molar-refractivity contribution in [2.75, 3.05) is 18.4 Å². The van der Waals surface area contributed by atoms with Crippen LogP contribution in [0.25, 0.3) is 10.9 Å². The van der Waals surface area contributed by atoms with Gasteiger partial charge in [-0.2, -0.15) is 5.10 Å². The van der Waals surface area contributed by atoms with Crippen molar-refractivity contribution in [1.82, 2.24) is 15.1 Å². The van der Waals surface area contributed by atoms with Crippen molar-refractivity contribution >= 4 is 38.7 Å². The maximum absolute atomic E-state index is 10.9. The Morgan fingerprint density at radius 1 is 1.45 bits per heavy atom. The number of amides is 1. The van der Waals surface area contributed by atoms with Crippen LogP contribution in [0.4, 0.5) is 10.6 Å². The van der Waals surface area contributed by atoms with Gasteiger partial charge in [0.05, 0.1) is 5.52 Å². The normalized spacial score (nSPS) is 16.6. The highest BCUT2D eigenvalue weighted by Gasteiger charge is 2.23. The summed E-state index contributed by atoms with van der Waals surface area (Å²) in [5.41, 5.74) is 0.977. The number of halogens is 1. The van der Waals surface area contributed by atoms with E-state index >= 15 is 0 Å². The third kappa shape index (κ3) is 2.58. The molecule has 3 N–H and O–H groups in total. The lowest BCUT2D eigenvalue weighted by Crippen LogP contribution is -2.41. The standard InChI is InChI=1S/C13H15BrN4O2/c14-8-1-2-10-11(7-8)16-17-12(10)15-9-3-5-18(6-4-9)13(19)20/h1-2,7,9H,3-6H2,(H,19,20)(H2,15,16,17). The molecule has 2 aromatic rings. The van der Waals surface area contributed by atoms with Gasteiger partial charge in [-0.25, -0.2) is 4.79 Å². The Morgan fingerprint density at radius 2 is 2.20 bits per heavy atom. The number of H-pyrrole nitrogens is 1. The highest BCUT2D eigenvalue weighted by atomic mass is 79.9. The Morgan fingerprint density at radius 3 is 2.90 bits per heavy atom. The first-order valence-corrected chi connectivity index (χ1v) is 7.31. The fourth-order valence-electron chi connectivity index (χ4n) is 2.51. The molecule has 1 aromatic heterocycles. The van der Waals surface area contributed by atoms with Crippen molar-refractivity contribution in [3.63, 3.8) is 0 Å². The summed E-state index contributed by atoms with van der Waals surface area (Å²) in [7, 11) is 0. The first-order chi connectivity index (χ1) is 9.63. The van der Waals surface area contributed by atoms with E-state index < -0.39 is 6.09 Å². The Bertz CT molecular complexity index is 634. The van der Waals surface area contributed by atoms with Crippen LogP contribution in [0.3, 0.4) is 0 Å². The van der Waals surface area contributed by atoms with E-state index in [2.05, 4.69) is 31.4 Å². The van der Waals surface area contributed by atoms with Crippen LogP contribution >= 0.6 is 15.9 Å². The van der Waals surface area contributed by atoms with Gasteiger partial charge in [-0.05, 0) is 31.0 Å². The maximum Gasteiger partial charge on any atom is 0.407 e. The van der Waals surface area contributed by atoms with Gasteiger partial charge in [0.25, 0.3) is 0 Å². The van der Waals surface area contributed by atoms with Crippen molar-refractivity contribution < 1.29 is 9.90 Å². The number of fused-ring (bicyclic) bond motifs is 1.